The minimum atomic E-state index is -0.276. The monoisotopic (exact) mass is 296 g/mol. The lowest BCUT2D eigenvalue weighted by atomic mass is 9.84. The normalized spacial score (nSPS) is 24.0. The van der Waals surface area contributed by atoms with Gasteiger partial charge in [-0.3, -0.25) is 4.79 Å². The van der Waals surface area contributed by atoms with Crippen molar-refractivity contribution in [2.45, 2.75) is 67.3 Å². The predicted molar refractivity (Wildman–Crippen MR) is 90.2 cm³/mol. The number of rotatable bonds is 5. The first-order valence-electron chi connectivity index (χ1n) is 8.64. The summed E-state index contributed by atoms with van der Waals surface area (Å²) in [6.45, 7) is 18.0. The second-order valence-corrected chi connectivity index (χ2v) is 8.53. The van der Waals surface area contributed by atoms with Gasteiger partial charge in [0.15, 0.2) is 0 Å². The number of likely N-dealkylation sites (tertiary alicyclic amines) is 1. The van der Waals surface area contributed by atoms with E-state index in [-0.39, 0.29) is 5.41 Å². The molecule has 2 unspecified atom stereocenters. The maximum absolute atomic E-state index is 12.6. The van der Waals surface area contributed by atoms with Gasteiger partial charge in [0.05, 0.1) is 0 Å². The van der Waals surface area contributed by atoms with Crippen molar-refractivity contribution in [2.75, 3.05) is 19.6 Å². The average Bonchev–Trinajstić information content (AvgIpc) is 2.35. The molecular weight excluding hydrogens is 260 g/mol. The zero-order valence-corrected chi connectivity index (χ0v) is 15.2. The van der Waals surface area contributed by atoms with Gasteiger partial charge in [-0.15, -0.1) is 0 Å². The molecule has 1 N–H and O–H groups in total. The van der Waals surface area contributed by atoms with E-state index in [9.17, 15) is 4.79 Å². The van der Waals surface area contributed by atoms with E-state index in [0.717, 1.165) is 25.6 Å². The summed E-state index contributed by atoms with van der Waals surface area (Å²) in [6, 6.07) is 0.455. The number of hydrogen-bond acceptors (Lipinski definition) is 2. The van der Waals surface area contributed by atoms with Crippen LogP contribution >= 0.6 is 0 Å². The van der Waals surface area contributed by atoms with E-state index in [1.165, 1.54) is 12.8 Å². The molecule has 3 heteroatoms. The number of piperidine rings is 1. The molecule has 21 heavy (non-hydrogen) atoms. The van der Waals surface area contributed by atoms with Crippen LogP contribution in [0.2, 0.25) is 0 Å². The molecule has 0 aliphatic carbocycles. The van der Waals surface area contributed by atoms with Crippen molar-refractivity contribution in [3.8, 4) is 0 Å². The Balaban J connectivity index is 2.66. The summed E-state index contributed by atoms with van der Waals surface area (Å²) in [4.78, 5) is 14.7. The first-order chi connectivity index (χ1) is 9.61. The minimum Gasteiger partial charge on any atom is -0.340 e. The first-order valence-corrected chi connectivity index (χ1v) is 8.64. The quantitative estimate of drug-likeness (QED) is 0.841. The van der Waals surface area contributed by atoms with Crippen molar-refractivity contribution in [1.82, 2.24) is 10.2 Å². The van der Waals surface area contributed by atoms with Crippen molar-refractivity contribution < 1.29 is 4.79 Å². The van der Waals surface area contributed by atoms with Gasteiger partial charge >= 0.3 is 0 Å². The van der Waals surface area contributed by atoms with Crippen LogP contribution in [0.5, 0.6) is 0 Å². The molecule has 0 aromatic heterocycles. The molecule has 124 valence electrons. The standard InChI is InChI=1S/C18H36N2O/c1-13(2)8-9-19-16-10-15(14(3)4)11-20(12-16)17(21)18(5,6)7/h13-16,19H,8-12H2,1-7H3. The smallest absolute Gasteiger partial charge is 0.228 e. The van der Waals surface area contributed by atoms with Gasteiger partial charge in [-0.25, -0.2) is 0 Å². The van der Waals surface area contributed by atoms with E-state index in [4.69, 9.17) is 0 Å². The van der Waals surface area contributed by atoms with Crippen LogP contribution in [-0.4, -0.2) is 36.5 Å². The van der Waals surface area contributed by atoms with Crippen LogP contribution in [0.15, 0.2) is 0 Å². The highest BCUT2D eigenvalue weighted by Gasteiger charge is 2.35. The highest BCUT2D eigenvalue weighted by molar-refractivity contribution is 5.81. The number of carbonyl (C=O) groups is 1. The molecule has 1 rings (SSSR count). The molecule has 2 atom stereocenters. The number of nitrogens with zero attached hydrogens (tertiary/aromatic N) is 1. The van der Waals surface area contributed by atoms with Crippen LogP contribution in [-0.2, 0) is 4.79 Å². The third-order valence-electron chi connectivity index (χ3n) is 4.51. The van der Waals surface area contributed by atoms with E-state index < -0.39 is 0 Å². The van der Waals surface area contributed by atoms with Crippen molar-refractivity contribution in [2.24, 2.45) is 23.2 Å². The van der Waals surface area contributed by atoms with E-state index >= 15 is 0 Å². The maximum Gasteiger partial charge on any atom is 0.228 e. The highest BCUT2D eigenvalue weighted by atomic mass is 16.2. The Morgan fingerprint density at radius 1 is 1.19 bits per heavy atom. The van der Waals surface area contributed by atoms with Gasteiger partial charge in [0.2, 0.25) is 5.91 Å². The van der Waals surface area contributed by atoms with Gasteiger partial charge in [-0.2, -0.15) is 0 Å². The molecule has 1 heterocycles. The van der Waals surface area contributed by atoms with E-state index in [0.29, 0.717) is 23.8 Å². The SMILES string of the molecule is CC(C)CCNC1CC(C(C)C)CN(C(=O)C(C)(C)C)C1. The Kier molecular flexibility index (Phi) is 6.71. The summed E-state index contributed by atoms with van der Waals surface area (Å²) < 4.78 is 0. The summed E-state index contributed by atoms with van der Waals surface area (Å²) in [5.74, 6) is 2.27. The Bertz CT molecular complexity index is 331. The number of nitrogens with one attached hydrogen (secondary N) is 1. The average molecular weight is 296 g/mol. The fourth-order valence-corrected chi connectivity index (χ4v) is 2.99. The fraction of sp³-hybridized carbons (Fsp3) is 0.944. The van der Waals surface area contributed by atoms with Crippen molar-refractivity contribution >= 4 is 5.91 Å². The van der Waals surface area contributed by atoms with Crippen LogP contribution in [0.3, 0.4) is 0 Å². The summed E-state index contributed by atoms with van der Waals surface area (Å²) in [5.41, 5.74) is -0.276. The van der Waals surface area contributed by atoms with Gasteiger partial charge < -0.3 is 10.2 Å². The maximum atomic E-state index is 12.6. The van der Waals surface area contributed by atoms with Crippen LogP contribution < -0.4 is 5.32 Å². The van der Waals surface area contributed by atoms with Crippen molar-refractivity contribution in [1.29, 1.82) is 0 Å². The van der Waals surface area contributed by atoms with Gasteiger partial charge in [-0.1, -0.05) is 48.5 Å². The fourth-order valence-electron chi connectivity index (χ4n) is 2.99. The lowest BCUT2D eigenvalue weighted by Crippen LogP contribution is -2.54. The lowest BCUT2D eigenvalue weighted by Gasteiger charge is -2.42. The Morgan fingerprint density at radius 3 is 2.29 bits per heavy atom. The topological polar surface area (TPSA) is 32.3 Å². The predicted octanol–water partition coefficient (Wildman–Crippen LogP) is 3.54. The molecular formula is C18H36N2O. The zero-order chi connectivity index (χ0) is 16.2. The van der Waals surface area contributed by atoms with Crippen LogP contribution in [0.4, 0.5) is 0 Å². The number of hydrogen-bond donors (Lipinski definition) is 1. The first kappa shape index (κ1) is 18.5. The van der Waals surface area contributed by atoms with Gasteiger partial charge in [0, 0.05) is 24.5 Å². The molecule has 0 aromatic rings. The molecule has 3 nitrogen and oxygen atoms in total. The van der Waals surface area contributed by atoms with Gasteiger partial charge in [0.25, 0.3) is 0 Å². The summed E-state index contributed by atoms with van der Waals surface area (Å²) in [7, 11) is 0. The number of amides is 1. The highest BCUT2D eigenvalue weighted by Crippen LogP contribution is 2.27. The Morgan fingerprint density at radius 2 is 1.81 bits per heavy atom. The Hall–Kier alpha value is -0.570. The molecule has 1 aliphatic heterocycles. The second-order valence-electron chi connectivity index (χ2n) is 8.53. The van der Waals surface area contributed by atoms with Crippen LogP contribution in [0.1, 0.15) is 61.3 Å². The molecule has 1 amide bonds. The largest absolute Gasteiger partial charge is 0.340 e. The zero-order valence-electron chi connectivity index (χ0n) is 15.2. The summed E-state index contributed by atoms with van der Waals surface area (Å²) in [5, 5.41) is 3.68. The van der Waals surface area contributed by atoms with Gasteiger partial charge in [0.1, 0.15) is 0 Å². The molecule has 0 radical (unpaired) electrons. The molecule has 0 spiro atoms. The van der Waals surface area contributed by atoms with E-state index in [1.807, 2.05) is 20.8 Å². The third-order valence-corrected chi connectivity index (χ3v) is 4.51. The number of carbonyl (C=O) groups excluding carboxylic acids is 1. The second kappa shape index (κ2) is 7.62. The van der Waals surface area contributed by atoms with Crippen LogP contribution in [0.25, 0.3) is 0 Å². The van der Waals surface area contributed by atoms with E-state index in [2.05, 4.69) is 37.9 Å². The van der Waals surface area contributed by atoms with Crippen LogP contribution in [0, 0.1) is 23.2 Å². The molecule has 1 fully saturated rings. The minimum absolute atomic E-state index is 0.276. The third kappa shape index (κ3) is 5.98. The summed E-state index contributed by atoms with van der Waals surface area (Å²) in [6.07, 6.45) is 2.40. The van der Waals surface area contributed by atoms with Crippen molar-refractivity contribution in [3.63, 3.8) is 0 Å². The van der Waals surface area contributed by atoms with Gasteiger partial charge in [-0.05, 0) is 37.1 Å². The molecule has 1 saturated heterocycles. The molecule has 0 aromatic carbocycles. The molecule has 0 bridgehead atoms. The molecule has 0 saturated carbocycles. The van der Waals surface area contributed by atoms with Crippen molar-refractivity contribution in [3.05, 3.63) is 0 Å². The lowest BCUT2D eigenvalue weighted by molar-refractivity contribution is -0.142. The molecule has 1 aliphatic rings. The summed E-state index contributed by atoms with van der Waals surface area (Å²) >= 11 is 0. The van der Waals surface area contributed by atoms with E-state index in [1.54, 1.807) is 0 Å². The Labute approximate surface area is 131 Å².